The number of amides is 1. The van der Waals surface area contributed by atoms with Crippen LogP contribution in [0.2, 0.25) is 5.02 Å². The maximum Gasteiger partial charge on any atom is 0.412 e. The molecule has 2 heterocycles. The molecule has 4 rings (SSSR count). The second-order valence-corrected chi connectivity index (χ2v) is 6.77. The average Bonchev–Trinajstić information content (AvgIpc) is 2.87. The van der Waals surface area contributed by atoms with Gasteiger partial charge in [-0.05, 0) is 36.2 Å². The summed E-state index contributed by atoms with van der Waals surface area (Å²) in [5.74, 6) is 1.26. The molecule has 2 aromatic carbocycles. The number of nitrogens with one attached hydrogen (secondary N) is 2. The van der Waals surface area contributed by atoms with Crippen LogP contribution in [0.25, 0.3) is 5.69 Å². The third kappa shape index (κ3) is 3.18. The van der Waals surface area contributed by atoms with Gasteiger partial charge in [0, 0.05) is 11.6 Å². The minimum atomic E-state index is -0.545. The molecule has 138 valence electrons. The van der Waals surface area contributed by atoms with Gasteiger partial charge in [0.05, 0.1) is 24.5 Å². The van der Waals surface area contributed by atoms with E-state index in [0.29, 0.717) is 17.4 Å². The average molecular weight is 383 g/mol. The van der Waals surface area contributed by atoms with Crippen LogP contribution in [0.5, 0.6) is 0 Å². The van der Waals surface area contributed by atoms with E-state index in [9.17, 15) is 4.79 Å². The minimum Gasteiger partial charge on any atom is -0.453 e. The van der Waals surface area contributed by atoms with Crippen LogP contribution in [0, 0.1) is 6.92 Å². The zero-order valence-electron chi connectivity index (χ0n) is 15.0. The van der Waals surface area contributed by atoms with Gasteiger partial charge in [-0.25, -0.2) is 9.78 Å². The molecule has 0 fully saturated rings. The smallest absolute Gasteiger partial charge is 0.412 e. The molecule has 1 amide bonds. The van der Waals surface area contributed by atoms with Crippen molar-refractivity contribution in [1.82, 2.24) is 14.9 Å². The van der Waals surface area contributed by atoms with Crippen molar-refractivity contribution in [2.75, 3.05) is 12.4 Å². The van der Waals surface area contributed by atoms with Gasteiger partial charge in [0.1, 0.15) is 5.82 Å². The van der Waals surface area contributed by atoms with Gasteiger partial charge < -0.3 is 10.1 Å². The maximum absolute atomic E-state index is 11.7. The normalized spacial score (nSPS) is 15.4. The highest BCUT2D eigenvalue weighted by Gasteiger charge is 2.27. The first-order chi connectivity index (χ1) is 13.1. The number of carbonyl (C=O) groups is 1. The van der Waals surface area contributed by atoms with E-state index in [1.54, 1.807) is 0 Å². The quantitative estimate of drug-likeness (QED) is 0.696. The summed E-state index contributed by atoms with van der Waals surface area (Å²) in [6, 6.07) is 16.0. The highest BCUT2D eigenvalue weighted by molar-refractivity contribution is 6.30. The highest BCUT2D eigenvalue weighted by Crippen LogP contribution is 2.35. The lowest BCUT2D eigenvalue weighted by atomic mass is 9.97. The number of fused-ring (bicyclic) bond motifs is 3. The molecule has 0 saturated carbocycles. The molecule has 1 atom stereocenters. The van der Waals surface area contributed by atoms with E-state index in [-0.39, 0.29) is 6.04 Å². The number of carbonyl (C=O) groups excluding carboxylic acids is 1. The summed E-state index contributed by atoms with van der Waals surface area (Å²) in [4.78, 5) is 16.2. The van der Waals surface area contributed by atoms with Crippen molar-refractivity contribution in [2.24, 2.45) is 0 Å². The second kappa shape index (κ2) is 7.06. The molecule has 0 saturated heterocycles. The molecular weight excluding hydrogens is 364 g/mol. The zero-order valence-corrected chi connectivity index (χ0v) is 15.7. The summed E-state index contributed by atoms with van der Waals surface area (Å²) < 4.78 is 6.77. The Morgan fingerprint density at radius 3 is 2.81 bits per heavy atom. The van der Waals surface area contributed by atoms with Crippen LogP contribution in [0.4, 0.5) is 10.6 Å². The fourth-order valence-electron chi connectivity index (χ4n) is 3.52. The number of aryl methyl sites for hydroxylation is 1. The lowest BCUT2D eigenvalue weighted by Crippen LogP contribution is -2.21. The monoisotopic (exact) mass is 382 g/mol. The van der Waals surface area contributed by atoms with Crippen LogP contribution in [0.15, 0.2) is 48.5 Å². The highest BCUT2D eigenvalue weighted by atomic mass is 35.5. The summed E-state index contributed by atoms with van der Waals surface area (Å²) in [6.07, 6.45) is -0.545. The molecule has 3 aromatic rings. The largest absolute Gasteiger partial charge is 0.453 e. The molecule has 1 aromatic heterocycles. The Hall–Kier alpha value is -2.83. The Balaban J connectivity index is 1.88. The molecule has 7 heteroatoms. The van der Waals surface area contributed by atoms with Gasteiger partial charge in [0.25, 0.3) is 0 Å². The molecular formula is C20H19ClN4O2. The summed E-state index contributed by atoms with van der Waals surface area (Å²) in [6.45, 7) is 2.43. The number of aromatic nitrogens is 2. The van der Waals surface area contributed by atoms with E-state index in [2.05, 4.69) is 27.8 Å². The van der Waals surface area contributed by atoms with Crippen molar-refractivity contribution < 1.29 is 9.53 Å². The summed E-state index contributed by atoms with van der Waals surface area (Å²) in [5, 5.41) is 6.95. The number of benzene rings is 2. The Bertz CT molecular complexity index is 1000. The number of nitrogens with zero attached hydrogens (tertiary/aromatic N) is 2. The van der Waals surface area contributed by atoms with Gasteiger partial charge in [-0.3, -0.25) is 9.88 Å². The lowest BCUT2D eigenvalue weighted by Gasteiger charge is -2.20. The molecule has 27 heavy (non-hydrogen) atoms. The van der Waals surface area contributed by atoms with Gasteiger partial charge >= 0.3 is 6.09 Å². The number of methoxy groups -OCH3 is 1. The molecule has 1 unspecified atom stereocenters. The van der Waals surface area contributed by atoms with Crippen LogP contribution < -0.4 is 10.6 Å². The zero-order chi connectivity index (χ0) is 19.0. The van der Waals surface area contributed by atoms with E-state index >= 15 is 0 Å². The van der Waals surface area contributed by atoms with E-state index in [1.807, 2.05) is 47.9 Å². The van der Waals surface area contributed by atoms with Gasteiger partial charge in [0.15, 0.2) is 5.82 Å². The Kier molecular flexibility index (Phi) is 4.59. The first-order valence-corrected chi connectivity index (χ1v) is 8.97. The molecule has 1 aliphatic heterocycles. The fourth-order valence-corrected chi connectivity index (χ4v) is 3.70. The minimum absolute atomic E-state index is 0.0369. The number of anilines is 1. The Morgan fingerprint density at radius 1 is 1.30 bits per heavy atom. The predicted octanol–water partition coefficient (Wildman–Crippen LogP) is 4.21. The van der Waals surface area contributed by atoms with Crippen LogP contribution in [0.1, 0.15) is 28.7 Å². The van der Waals surface area contributed by atoms with Crippen LogP contribution in [0.3, 0.4) is 0 Å². The third-order valence-electron chi connectivity index (χ3n) is 4.69. The number of imidazole rings is 1. The Labute approximate surface area is 162 Å². The molecule has 0 aliphatic carbocycles. The SMILES string of the molecule is COC(=O)Nc1nc(C)n2c1CNC(c1ccccc1)c1cc(Cl)ccc1-2. The lowest BCUT2D eigenvalue weighted by molar-refractivity contribution is 0.187. The van der Waals surface area contributed by atoms with Crippen molar-refractivity contribution >= 4 is 23.5 Å². The number of ether oxygens (including phenoxy) is 1. The van der Waals surface area contributed by atoms with Crippen molar-refractivity contribution in [1.29, 1.82) is 0 Å². The van der Waals surface area contributed by atoms with Gasteiger partial charge in [-0.2, -0.15) is 0 Å². The van der Waals surface area contributed by atoms with Crippen LogP contribution in [-0.4, -0.2) is 22.8 Å². The fraction of sp³-hybridized carbons (Fsp3) is 0.200. The first kappa shape index (κ1) is 17.6. The van der Waals surface area contributed by atoms with E-state index in [0.717, 1.165) is 28.3 Å². The first-order valence-electron chi connectivity index (χ1n) is 8.60. The molecule has 1 aliphatic rings. The topological polar surface area (TPSA) is 68.2 Å². The summed E-state index contributed by atoms with van der Waals surface area (Å²) >= 11 is 6.32. The van der Waals surface area contributed by atoms with Crippen molar-refractivity contribution in [3.63, 3.8) is 0 Å². The predicted molar refractivity (Wildman–Crippen MR) is 104 cm³/mol. The summed E-state index contributed by atoms with van der Waals surface area (Å²) in [7, 11) is 1.33. The number of rotatable bonds is 2. The molecule has 0 spiro atoms. The molecule has 0 radical (unpaired) electrons. The molecule has 6 nitrogen and oxygen atoms in total. The van der Waals surface area contributed by atoms with Crippen molar-refractivity contribution in [3.8, 4) is 5.69 Å². The molecule has 0 bridgehead atoms. The van der Waals surface area contributed by atoms with Crippen molar-refractivity contribution in [2.45, 2.75) is 19.5 Å². The number of hydrogen-bond acceptors (Lipinski definition) is 4. The van der Waals surface area contributed by atoms with E-state index in [4.69, 9.17) is 16.3 Å². The number of halogens is 1. The standard InChI is InChI=1S/C20H19ClN4O2/c1-12-23-19(24-20(26)27-2)17-11-22-18(13-6-4-3-5-7-13)15-10-14(21)8-9-16(15)25(12)17/h3-10,18,22H,11H2,1-2H3,(H,24,26). The van der Waals surface area contributed by atoms with Gasteiger partial charge in [-0.15, -0.1) is 0 Å². The van der Waals surface area contributed by atoms with Crippen LogP contribution >= 0.6 is 11.6 Å². The van der Waals surface area contributed by atoms with Crippen LogP contribution in [-0.2, 0) is 11.3 Å². The van der Waals surface area contributed by atoms with Gasteiger partial charge in [0.2, 0.25) is 0 Å². The van der Waals surface area contributed by atoms with Gasteiger partial charge in [-0.1, -0.05) is 41.9 Å². The van der Waals surface area contributed by atoms with E-state index in [1.165, 1.54) is 7.11 Å². The number of hydrogen-bond donors (Lipinski definition) is 2. The molecule has 2 N–H and O–H groups in total. The van der Waals surface area contributed by atoms with Crippen molar-refractivity contribution in [3.05, 3.63) is 76.2 Å². The second-order valence-electron chi connectivity index (χ2n) is 6.33. The van der Waals surface area contributed by atoms with E-state index < -0.39 is 6.09 Å². The third-order valence-corrected chi connectivity index (χ3v) is 4.93. The summed E-state index contributed by atoms with van der Waals surface area (Å²) in [5.41, 5.74) is 4.04. The maximum atomic E-state index is 11.7. The Morgan fingerprint density at radius 2 is 2.07 bits per heavy atom.